The van der Waals surface area contributed by atoms with E-state index in [9.17, 15) is 14.4 Å². The molecule has 2 aromatic rings. The summed E-state index contributed by atoms with van der Waals surface area (Å²) in [6.07, 6.45) is 0.151. The first-order valence-electron chi connectivity index (χ1n) is 7.32. The lowest BCUT2D eigenvalue weighted by Crippen LogP contribution is -2.44. The number of fused-ring (bicyclic) bond motifs is 1. The van der Waals surface area contributed by atoms with E-state index in [1.807, 2.05) is 0 Å². The first kappa shape index (κ1) is 16.2. The number of methoxy groups -OCH3 is 1. The number of ether oxygens (including phenoxy) is 1. The molecule has 0 unspecified atom stereocenters. The summed E-state index contributed by atoms with van der Waals surface area (Å²) in [5.41, 5.74) is 1.35. The summed E-state index contributed by atoms with van der Waals surface area (Å²) in [5.74, 6) is -0.320. The Hall–Kier alpha value is -2.66. The fourth-order valence-electron chi connectivity index (χ4n) is 2.75. The molecule has 6 heteroatoms. The molecule has 0 radical (unpaired) electrons. The number of carbonyl (C=O) groups is 3. The van der Waals surface area contributed by atoms with Crippen molar-refractivity contribution in [2.24, 2.45) is 0 Å². The van der Waals surface area contributed by atoms with Gasteiger partial charge in [-0.3, -0.25) is 19.3 Å². The number of rotatable bonds is 5. The molecule has 0 bridgehead atoms. The Kier molecular flexibility index (Phi) is 4.36. The number of halogens is 1. The summed E-state index contributed by atoms with van der Waals surface area (Å²) >= 11 is 5.70. The Balaban J connectivity index is 1.90. The van der Waals surface area contributed by atoms with Gasteiger partial charge in [-0.1, -0.05) is 24.3 Å². The highest BCUT2D eigenvalue weighted by atomic mass is 35.5. The largest absolute Gasteiger partial charge is 0.497 e. The van der Waals surface area contributed by atoms with Crippen molar-refractivity contribution >= 4 is 28.7 Å². The van der Waals surface area contributed by atoms with E-state index in [2.05, 4.69) is 0 Å². The minimum Gasteiger partial charge on any atom is -0.497 e. The van der Waals surface area contributed by atoms with Crippen molar-refractivity contribution in [1.82, 2.24) is 4.90 Å². The van der Waals surface area contributed by atoms with E-state index < -0.39 is 23.1 Å². The SMILES string of the molecule is COc1ccc(C[C@@H](C(=O)Cl)N2C(=O)c3ccccc3C2=O)cc1. The third-order valence-corrected chi connectivity index (χ3v) is 4.24. The molecule has 5 nitrogen and oxygen atoms in total. The smallest absolute Gasteiger partial charge is 0.262 e. The van der Waals surface area contributed by atoms with Crippen LogP contribution in [0.4, 0.5) is 0 Å². The predicted octanol–water partition coefficient (Wildman–Crippen LogP) is 2.67. The van der Waals surface area contributed by atoms with Crippen molar-refractivity contribution in [2.75, 3.05) is 7.11 Å². The zero-order chi connectivity index (χ0) is 17.3. The molecule has 0 aromatic heterocycles. The van der Waals surface area contributed by atoms with Gasteiger partial charge in [-0.25, -0.2) is 0 Å². The number of hydrogen-bond acceptors (Lipinski definition) is 4. The highest BCUT2D eigenvalue weighted by Gasteiger charge is 2.42. The minimum absolute atomic E-state index is 0.151. The maximum absolute atomic E-state index is 12.5. The van der Waals surface area contributed by atoms with Crippen molar-refractivity contribution in [1.29, 1.82) is 0 Å². The highest BCUT2D eigenvalue weighted by Crippen LogP contribution is 2.27. The van der Waals surface area contributed by atoms with Crippen molar-refractivity contribution in [3.05, 3.63) is 65.2 Å². The van der Waals surface area contributed by atoms with Gasteiger partial charge in [0.25, 0.3) is 11.8 Å². The molecule has 1 atom stereocenters. The van der Waals surface area contributed by atoms with E-state index in [1.165, 1.54) is 0 Å². The summed E-state index contributed by atoms with van der Waals surface area (Å²) < 4.78 is 5.09. The summed E-state index contributed by atoms with van der Waals surface area (Å²) in [6, 6.07) is 12.5. The molecule has 122 valence electrons. The first-order valence-corrected chi connectivity index (χ1v) is 7.70. The third kappa shape index (κ3) is 2.78. The summed E-state index contributed by atoms with van der Waals surface area (Å²) in [7, 11) is 1.55. The summed E-state index contributed by atoms with van der Waals surface area (Å²) in [4.78, 5) is 37.9. The van der Waals surface area contributed by atoms with Crippen LogP contribution in [0.5, 0.6) is 5.75 Å². The van der Waals surface area contributed by atoms with Crippen LogP contribution in [0.2, 0.25) is 0 Å². The molecular weight excluding hydrogens is 330 g/mol. The van der Waals surface area contributed by atoms with E-state index in [1.54, 1.807) is 55.6 Å². The van der Waals surface area contributed by atoms with Crippen LogP contribution >= 0.6 is 11.6 Å². The molecule has 2 aromatic carbocycles. The van der Waals surface area contributed by atoms with Gasteiger partial charge in [-0.05, 0) is 41.4 Å². The fraction of sp³-hybridized carbons (Fsp3) is 0.167. The fourth-order valence-corrected chi connectivity index (χ4v) is 2.92. The monoisotopic (exact) mass is 343 g/mol. The second-order valence-electron chi connectivity index (χ2n) is 5.40. The van der Waals surface area contributed by atoms with E-state index in [0.29, 0.717) is 16.9 Å². The Bertz CT molecular complexity index is 781. The van der Waals surface area contributed by atoms with Gasteiger partial charge in [0.2, 0.25) is 5.24 Å². The van der Waals surface area contributed by atoms with Gasteiger partial charge in [0.1, 0.15) is 11.8 Å². The van der Waals surface area contributed by atoms with Crippen LogP contribution in [0, 0.1) is 0 Å². The molecule has 0 saturated carbocycles. The Morgan fingerprint density at radius 1 is 1.04 bits per heavy atom. The number of imide groups is 1. The quantitative estimate of drug-likeness (QED) is 0.618. The van der Waals surface area contributed by atoms with Crippen LogP contribution < -0.4 is 4.74 Å². The van der Waals surface area contributed by atoms with Gasteiger partial charge in [0.05, 0.1) is 18.2 Å². The minimum atomic E-state index is -1.05. The summed E-state index contributed by atoms with van der Waals surface area (Å²) in [6.45, 7) is 0. The zero-order valence-corrected chi connectivity index (χ0v) is 13.6. The van der Waals surface area contributed by atoms with Crippen LogP contribution in [-0.4, -0.2) is 35.1 Å². The van der Waals surface area contributed by atoms with E-state index in [0.717, 1.165) is 10.5 Å². The second kappa shape index (κ2) is 6.45. The van der Waals surface area contributed by atoms with Gasteiger partial charge < -0.3 is 4.74 Å². The maximum Gasteiger partial charge on any atom is 0.262 e. The molecule has 0 aliphatic carbocycles. The molecule has 0 saturated heterocycles. The number of amides is 2. The Labute approximate surface area is 143 Å². The standard InChI is InChI=1S/C18H14ClNO4/c1-24-12-8-6-11(7-9-12)10-15(16(19)21)20-17(22)13-4-2-3-5-14(13)18(20)23/h2-9,15H,10H2,1H3/t15-/m0/s1. The van der Waals surface area contributed by atoms with Crippen molar-refractivity contribution < 1.29 is 19.1 Å². The van der Waals surface area contributed by atoms with Crippen molar-refractivity contribution in [2.45, 2.75) is 12.5 Å². The van der Waals surface area contributed by atoms with E-state index >= 15 is 0 Å². The Morgan fingerprint density at radius 3 is 2.04 bits per heavy atom. The van der Waals surface area contributed by atoms with Gasteiger partial charge in [-0.2, -0.15) is 0 Å². The van der Waals surface area contributed by atoms with Crippen LogP contribution in [-0.2, 0) is 11.2 Å². The number of benzene rings is 2. The van der Waals surface area contributed by atoms with Crippen LogP contribution in [0.3, 0.4) is 0 Å². The predicted molar refractivity (Wildman–Crippen MR) is 88.3 cm³/mol. The average Bonchev–Trinajstić information content (AvgIpc) is 2.85. The molecule has 0 spiro atoms. The third-order valence-electron chi connectivity index (χ3n) is 3.99. The molecule has 1 aliphatic rings. The summed E-state index contributed by atoms with van der Waals surface area (Å²) in [5, 5.41) is -0.750. The van der Waals surface area contributed by atoms with Crippen molar-refractivity contribution in [3.8, 4) is 5.75 Å². The molecule has 0 fully saturated rings. The normalized spacial score (nSPS) is 14.5. The molecule has 2 amide bonds. The molecule has 1 aliphatic heterocycles. The molecule has 0 N–H and O–H groups in total. The molecule has 24 heavy (non-hydrogen) atoms. The lowest BCUT2D eigenvalue weighted by molar-refractivity contribution is -0.115. The molecular formula is C18H14ClNO4. The maximum atomic E-state index is 12.5. The molecule has 3 rings (SSSR count). The number of nitrogens with zero attached hydrogens (tertiary/aromatic N) is 1. The second-order valence-corrected chi connectivity index (χ2v) is 5.77. The number of hydrogen-bond donors (Lipinski definition) is 0. The van der Waals surface area contributed by atoms with Crippen LogP contribution in [0.15, 0.2) is 48.5 Å². The van der Waals surface area contributed by atoms with Gasteiger partial charge in [0.15, 0.2) is 0 Å². The van der Waals surface area contributed by atoms with E-state index in [-0.39, 0.29) is 6.42 Å². The first-order chi connectivity index (χ1) is 11.5. The lowest BCUT2D eigenvalue weighted by atomic mass is 10.1. The van der Waals surface area contributed by atoms with Gasteiger partial charge in [-0.15, -0.1) is 0 Å². The van der Waals surface area contributed by atoms with Gasteiger partial charge >= 0.3 is 0 Å². The molecule has 1 heterocycles. The zero-order valence-electron chi connectivity index (χ0n) is 12.9. The Morgan fingerprint density at radius 2 is 1.58 bits per heavy atom. The van der Waals surface area contributed by atoms with E-state index in [4.69, 9.17) is 16.3 Å². The van der Waals surface area contributed by atoms with Crippen molar-refractivity contribution in [3.63, 3.8) is 0 Å². The van der Waals surface area contributed by atoms with Crippen LogP contribution in [0.25, 0.3) is 0 Å². The van der Waals surface area contributed by atoms with Gasteiger partial charge in [0, 0.05) is 6.42 Å². The number of carbonyl (C=O) groups excluding carboxylic acids is 3. The average molecular weight is 344 g/mol. The lowest BCUT2D eigenvalue weighted by Gasteiger charge is -2.23. The topological polar surface area (TPSA) is 63.7 Å². The highest BCUT2D eigenvalue weighted by molar-refractivity contribution is 6.65. The van der Waals surface area contributed by atoms with Crippen LogP contribution in [0.1, 0.15) is 26.3 Å².